The number of aryl methyl sites for hydroxylation is 1. The highest BCUT2D eigenvalue weighted by Crippen LogP contribution is 2.40. The van der Waals surface area contributed by atoms with E-state index in [1.165, 1.54) is 6.42 Å². The van der Waals surface area contributed by atoms with Gasteiger partial charge in [0.05, 0.1) is 23.2 Å². The van der Waals surface area contributed by atoms with Crippen molar-refractivity contribution >= 4 is 22.9 Å². The van der Waals surface area contributed by atoms with Crippen molar-refractivity contribution in [2.24, 2.45) is 11.8 Å². The second-order valence-corrected chi connectivity index (χ2v) is 10.1. The fourth-order valence-electron chi connectivity index (χ4n) is 5.31. The second kappa shape index (κ2) is 8.46. The van der Waals surface area contributed by atoms with Gasteiger partial charge in [0.1, 0.15) is 0 Å². The summed E-state index contributed by atoms with van der Waals surface area (Å²) in [6.07, 6.45) is 3.42. The maximum absolute atomic E-state index is 13.4. The smallest absolute Gasteiger partial charge is 0.259 e. The molecule has 4 heterocycles. The van der Waals surface area contributed by atoms with Gasteiger partial charge in [0.2, 0.25) is 5.91 Å². The van der Waals surface area contributed by atoms with Gasteiger partial charge in [-0.1, -0.05) is 19.0 Å². The average Bonchev–Trinajstić information content (AvgIpc) is 3.56. The molecule has 2 atom stereocenters. The lowest BCUT2D eigenvalue weighted by atomic mass is 9.92. The second-order valence-electron chi connectivity index (χ2n) is 10.1. The molecule has 3 fully saturated rings. The highest BCUT2D eigenvalue weighted by atomic mass is 16.5. The number of pyridine rings is 1. The number of hydrogen-bond acceptors (Lipinski definition) is 6. The van der Waals surface area contributed by atoms with Gasteiger partial charge in [-0.3, -0.25) is 14.5 Å². The molecule has 2 unspecified atom stereocenters. The van der Waals surface area contributed by atoms with Crippen LogP contribution in [0.15, 0.2) is 10.6 Å². The Kier molecular flexibility index (Phi) is 5.65. The Morgan fingerprint density at radius 1 is 1.06 bits per heavy atom. The van der Waals surface area contributed by atoms with Gasteiger partial charge in [-0.05, 0) is 44.1 Å². The number of piperazine rings is 1. The van der Waals surface area contributed by atoms with Crippen molar-refractivity contribution < 1.29 is 14.1 Å². The zero-order valence-electron chi connectivity index (χ0n) is 19.3. The highest BCUT2D eigenvalue weighted by Gasteiger charge is 2.32. The van der Waals surface area contributed by atoms with Gasteiger partial charge in [-0.2, -0.15) is 0 Å². The maximum Gasteiger partial charge on any atom is 0.259 e. The molecule has 0 N–H and O–H groups in total. The van der Waals surface area contributed by atoms with E-state index in [0.29, 0.717) is 67.4 Å². The molecule has 2 aromatic heterocycles. The van der Waals surface area contributed by atoms with Gasteiger partial charge < -0.3 is 14.3 Å². The molecule has 2 aromatic rings. The predicted molar refractivity (Wildman–Crippen MR) is 120 cm³/mol. The van der Waals surface area contributed by atoms with Crippen LogP contribution >= 0.6 is 0 Å². The third-order valence-corrected chi connectivity index (χ3v) is 7.10. The number of rotatable bonds is 4. The van der Waals surface area contributed by atoms with E-state index in [4.69, 9.17) is 4.52 Å². The minimum atomic E-state index is 0.00950. The van der Waals surface area contributed by atoms with Crippen LogP contribution in [0.4, 0.5) is 0 Å². The molecule has 0 bridgehead atoms. The fourth-order valence-corrected chi connectivity index (χ4v) is 5.31. The van der Waals surface area contributed by atoms with Gasteiger partial charge in [0.15, 0.2) is 0 Å². The Hall–Kier alpha value is -2.48. The number of aromatic nitrogens is 2. The third kappa shape index (κ3) is 4.25. The molecule has 8 heteroatoms. The van der Waals surface area contributed by atoms with Crippen molar-refractivity contribution in [2.45, 2.75) is 46.0 Å². The number of likely N-dealkylation sites (tertiary alicyclic amines) is 1. The summed E-state index contributed by atoms with van der Waals surface area (Å²) in [5.41, 5.74) is 2.75. The summed E-state index contributed by atoms with van der Waals surface area (Å²) >= 11 is 0. The molecular formula is C24H33N5O3. The summed E-state index contributed by atoms with van der Waals surface area (Å²) in [5, 5.41) is 4.77. The van der Waals surface area contributed by atoms with Crippen molar-refractivity contribution in [3.63, 3.8) is 0 Å². The number of amides is 2. The van der Waals surface area contributed by atoms with E-state index in [2.05, 4.69) is 28.9 Å². The zero-order valence-corrected chi connectivity index (χ0v) is 19.3. The summed E-state index contributed by atoms with van der Waals surface area (Å²) in [4.78, 5) is 37.0. The van der Waals surface area contributed by atoms with E-state index in [0.717, 1.165) is 37.0 Å². The van der Waals surface area contributed by atoms with E-state index in [9.17, 15) is 9.59 Å². The van der Waals surface area contributed by atoms with Crippen molar-refractivity contribution in [1.29, 1.82) is 0 Å². The summed E-state index contributed by atoms with van der Waals surface area (Å²) in [7, 11) is 0. The number of nitrogens with zero attached hydrogens (tertiary/aromatic N) is 5. The Labute approximate surface area is 188 Å². The molecule has 172 valence electrons. The predicted octanol–water partition coefficient (Wildman–Crippen LogP) is 2.67. The van der Waals surface area contributed by atoms with E-state index in [-0.39, 0.29) is 11.8 Å². The van der Waals surface area contributed by atoms with Crippen molar-refractivity contribution in [2.75, 3.05) is 45.8 Å². The lowest BCUT2D eigenvalue weighted by Crippen LogP contribution is -2.53. The Morgan fingerprint density at radius 2 is 1.75 bits per heavy atom. The first-order chi connectivity index (χ1) is 15.4. The van der Waals surface area contributed by atoms with Crippen LogP contribution in [0.2, 0.25) is 0 Å². The molecule has 1 aliphatic carbocycles. The van der Waals surface area contributed by atoms with Gasteiger partial charge in [0.25, 0.3) is 11.6 Å². The van der Waals surface area contributed by atoms with Crippen LogP contribution in [0.5, 0.6) is 0 Å². The van der Waals surface area contributed by atoms with Gasteiger partial charge in [0, 0.05) is 50.9 Å². The van der Waals surface area contributed by atoms with Gasteiger partial charge >= 0.3 is 0 Å². The molecule has 2 aliphatic heterocycles. The molecule has 5 rings (SSSR count). The standard InChI is InChI=1S/C24H33N5O3/c1-15-10-16(2)13-29(12-15)21(30)14-27-6-8-28(9-7-27)24(31)19-11-20(18-4-5-18)25-23-22(19)17(3)26-32-23/h11,15-16,18H,4-10,12-14H2,1-3H3. The topological polar surface area (TPSA) is 82.8 Å². The van der Waals surface area contributed by atoms with Gasteiger partial charge in [-0.15, -0.1) is 0 Å². The normalized spacial score (nSPS) is 24.8. The lowest BCUT2D eigenvalue weighted by molar-refractivity contribution is -0.135. The number of carbonyl (C=O) groups excluding carboxylic acids is 2. The average molecular weight is 440 g/mol. The quantitative estimate of drug-likeness (QED) is 0.728. The van der Waals surface area contributed by atoms with E-state index in [1.54, 1.807) is 0 Å². The first-order valence-corrected chi connectivity index (χ1v) is 12.0. The Bertz CT molecular complexity index is 1010. The van der Waals surface area contributed by atoms with Crippen LogP contribution < -0.4 is 0 Å². The van der Waals surface area contributed by atoms with Crippen molar-refractivity contribution in [3.8, 4) is 0 Å². The third-order valence-electron chi connectivity index (χ3n) is 7.10. The molecule has 1 saturated carbocycles. The van der Waals surface area contributed by atoms with Crippen LogP contribution in [0.1, 0.15) is 60.8 Å². The summed E-state index contributed by atoms with van der Waals surface area (Å²) in [6, 6.07) is 1.95. The number of carbonyl (C=O) groups is 2. The molecule has 0 aromatic carbocycles. The number of piperidine rings is 1. The SMILES string of the molecule is Cc1noc2nc(C3CC3)cc(C(=O)N3CCN(CC(=O)N4CC(C)CC(C)C4)CC3)c12. The molecule has 2 saturated heterocycles. The Balaban J connectivity index is 1.23. The molecule has 2 amide bonds. The molecule has 0 spiro atoms. The fraction of sp³-hybridized carbons (Fsp3) is 0.667. The Morgan fingerprint density at radius 3 is 2.41 bits per heavy atom. The van der Waals surface area contributed by atoms with E-state index >= 15 is 0 Å². The zero-order chi connectivity index (χ0) is 22.4. The van der Waals surface area contributed by atoms with E-state index < -0.39 is 0 Å². The van der Waals surface area contributed by atoms with Crippen molar-refractivity contribution in [1.82, 2.24) is 24.8 Å². The summed E-state index contributed by atoms with van der Waals surface area (Å²) in [5.74, 6) is 1.79. The van der Waals surface area contributed by atoms with Crippen molar-refractivity contribution in [3.05, 3.63) is 23.0 Å². The van der Waals surface area contributed by atoms with Crippen LogP contribution in [-0.2, 0) is 4.79 Å². The molecule has 8 nitrogen and oxygen atoms in total. The van der Waals surface area contributed by atoms with E-state index in [1.807, 2.05) is 22.8 Å². The number of hydrogen-bond donors (Lipinski definition) is 0. The molecule has 3 aliphatic rings. The lowest BCUT2D eigenvalue weighted by Gasteiger charge is -2.38. The molecule has 32 heavy (non-hydrogen) atoms. The highest BCUT2D eigenvalue weighted by molar-refractivity contribution is 6.06. The summed E-state index contributed by atoms with van der Waals surface area (Å²) in [6.45, 7) is 11.1. The first-order valence-electron chi connectivity index (χ1n) is 12.0. The van der Waals surface area contributed by atoms with Crippen LogP contribution in [0.3, 0.4) is 0 Å². The minimum absolute atomic E-state index is 0.00950. The summed E-state index contributed by atoms with van der Waals surface area (Å²) < 4.78 is 5.40. The van der Waals surface area contributed by atoms with Crippen LogP contribution in [-0.4, -0.2) is 82.5 Å². The minimum Gasteiger partial charge on any atom is -0.341 e. The molecular weight excluding hydrogens is 406 g/mol. The van der Waals surface area contributed by atoms with Crippen LogP contribution in [0.25, 0.3) is 11.1 Å². The maximum atomic E-state index is 13.4. The first kappa shape index (κ1) is 21.4. The largest absolute Gasteiger partial charge is 0.341 e. The van der Waals surface area contributed by atoms with Crippen LogP contribution in [0, 0.1) is 18.8 Å². The number of fused-ring (bicyclic) bond motifs is 1. The van der Waals surface area contributed by atoms with Gasteiger partial charge in [-0.25, -0.2) is 4.98 Å². The monoisotopic (exact) mass is 439 g/mol. The molecule has 0 radical (unpaired) electrons.